The van der Waals surface area contributed by atoms with Gasteiger partial charge in [0.15, 0.2) is 0 Å². The molecular weight excluding hydrogens is 361 g/mol. The van der Waals surface area contributed by atoms with Gasteiger partial charge in [-0.25, -0.2) is 4.68 Å². The Morgan fingerprint density at radius 1 is 1.24 bits per heavy atom. The number of hydrogen-bond donors (Lipinski definition) is 1. The molecule has 136 valence electrons. The van der Waals surface area contributed by atoms with E-state index in [0.29, 0.717) is 23.8 Å². The molecule has 0 saturated carbocycles. The van der Waals surface area contributed by atoms with E-state index < -0.39 is 0 Å². The molecule has 0 radical (unpaired) electrons. The Hall–Kier alpha value is -1.63. The van der Waals surface area contributed by atoms with E-state index in [9.17, 15) is 4.79 Å². The van der Waals surface area contributed by atoms with Crippen LogP contribution in [0.1, 0.15) is 36.2 Å². The molecule has 0 aliphatic carbocycles. The first kappa shape index (κ1) is 19.7. The van der Waals surface area contributed by atoms with Crippen LogP contribution < -0.4 is 5.32 Å². The number of fused-ring (bicyclic) bond motifs is 2. The van der Waals surface area contributed by atoms with Crippen molar-refractivity contribution in [3.63, 3.8) is 0 Å². The molecule has 2 saturated heterocycles. The van der Waals surface area contributed by atoms with Gasteiger partial charge in [0, 0.05) is 43.8 Å². The number of amides is 1. The van der Waals surface area contributed by atoms with Crippen molar-refractivity contribution in [2.75, 3.05) is 7.05 Å². The topological polar surface area (TPSA) is 63.1 Å². The van der Waals surface area contributed by atoms with Gasteiger partial charge >= 0.3 is 0 Å². The van der Waals surface area contributed by atoms with Crippen LogP contribution in [0.5, 0.6) is 0 Å². The highest BCUT2D eigenvalue weighted by atomic mass is 35.5. The van der Waals surface area contributed by atoms with Crippen LogP contribution in [0, 0.1) is 0 Å². The SMILES string of the molecule is CN(C(=O)c1cc(-n2cccn2)ccn1)C1CC2CCC(C1)N2.Cl.Cl. The van der Waals surface area contributed by atoms with E-state index >= 15 is 0 Å². The van der Waals surface area contributed by atoms with E-state index in [0.717, 1.165) is 18.5 Å². The number of piperidine rings is 1. The Morgan fingerprint density at radius 3 is 2.60 bits per heavy atom. The van der Waals surface area contributed by atoms with E-state index in [4.69, 9.17) is 0 Å². The maximum absolute atomic E-state index is 12.8. The van der Waals surface area contributed by atoms with E-state index in [-0.39, 0.29) is 30.7 Å². The normalized spacial score (nSPS) is 24.1. The van der Waals surface area contributed by atoms with Crippen molar-refractivity contribution in [2.24, 2.45) is 0 Å². The number of aromatic nitrogens is 3. The molecule has 1 amide bonds. The average molecular weight is 384 g/mol. The van der Waals surface area contributed by atoms with Crippen molar-refractivity contribution in [1.82, 2.24) is 25.0 Å². The van der Waals surface area contributed by atoms with Gasteiger partial charge in [0.1, 0.15) is 5.69 Å². The number of halogens is 2. The lowest BCUT2D eigenvalue weighted by Crippen LogP contribution is -2.48. The summed E-state index contributed by atoms with van der Waals surface area (Å²) in [4.78, 5) is 19.0. The first-order valence-electron chi connectivity index (χ1n) is 8.20. The van der Waals surface area contributed by atoms with Crippen LogP contribution in [-0.2, 0) is 0 Å². The number of hydrogen-bond acceptors (Lipinski definition) is 4. The molecule has 2 atom stereocenters. The van der Waals surface area contributed by atoms with E-state index in [1.54, 1.807) is 17.1 Å². The Bertz CT molecular complexity index is 697. The molecule has 2 fully saturated rings. The number of nitrogens with zero attached hydrogens (tertiary/aromatic N) is 4. The zero-order valence-electron chi connectivity index (χ0n) is 14.0. The summed E-state index contributed by atoms with van der Waals surface area (Å²) in [7, 11) is 1.90. The quantitative estimate of drug-likeness (QED) is 0.883. The Balaban J connectivity index is 0.00000113. The zero-order valence-corrected chi connectivity index (χ0v) is 15.7. The van der Waals surface area contributed by atoms with Gasteiger partial charge in [-0.05, 0) is 43.9 Å². The molecule has 1 N–H and O–H groups in total. The fraction of sp³-hybridized carbons (Fsp3) is 0.471. The van der Waals surface area contributed by atoms with Crippen LogP contribution in [-0.4, -0.2) is 50.7 Å². The van der Waals surface area contributed by atoms with Gasteiger partial charge in [-0.2, -0.15) is 5.10 Å². The van der Waals surface area contributed by atoms with Crippen molar-refractivity contribution in [3.05, 3.63) is 42.5 Å². The van der Waals surface area contributed by atoms with Crippen molar-refractivity contribution in [2.45, 2.75) is 43.8 Å². The monoisotopic (exact) mass is 383 g/mol. The van der Waals surface area contributed by atoms with E-state index in [1.165, 1.54) is 12.8 Å². The summed E-state index contributed by atoms with van der Waals surface area (Å²) in [6.45, 7) is 0. The molecule has 2 aliphatic rings. The summed E-state index contributed by atoms with van der Waals surface area (Å²) in [5, 5.41) is 7.82. The molecule has 2 aromatic heterocycles. The minimum atomic E-state index is -0.00898. The van der Waals surface area contributed by atoms with Crippen LogP contribution in [0.3, 0.4) is 0 Å². The molecule has 2 unspecified atom stereocenters. The van der Waals surface area contributed by atoms with Crippen molar-refractivity contribution in [1.29, 1.82) is 0 Å². The lowest BCUT2D eigenvalue weighted by molar-refractivity contribution is 0.0675. The number of rotatable bonds is 3. The Morgan fingerprint density at radius 2 is 1.96 bits per heavy atom. The second-order valence-electron chi connectivity index (χ2n) is 6.53. The lowest BCUT2D eigenvalue weighted by Gasteiger charge is -2.35. The van der Waals surface area contributed by atoms with Crippen LogP contribution >= 0.6 is 24.8 Å². The van der Waals surface area contributed by atoms with Gasteiger partial charge in [0.25, 0.3) is 5.91 Å². The summed E-state index contributed by atoms with van der Waals surface area (Å²) < 4.78 is 1.74. The number of carbonyl (C=O) groups excluding carboxylic acids is 1. The average Bonchev–Trinajstić information content (AvgIpc) is 3.23. The fourth-order valence-electron chi connectivity index (χ4n) is 3.79. The second-order valence-corrected chi connectivity index (χ2v) is 6.53. The minimum Gasteiger partial charge on any atom is -0.337 e. The molecule has 8 heteroatoms. The molecule has 2 aromatic rings. The van der Waals surface area contributed by atoms with Crippen LogP contribution in [0.15, 0.2) is 36.8 Å². The van der Waals surface area contributed by atoms with Crippen LogP contribution in [0.2, 0.25) is 0 Å². The highest BCUT2D eigenvalue weighted by Gasteiger charge is 2.36. The lowest BCUT2D eigenvalue weighted by atomic mass is 9.98. The zero-order chi connectivity index (χ0) is 15.8. The summed E-state index contributed by atoms with van der Waals surface area (Å²) >= 11 is 0. The second kappa shape index (κ2) is 8.17. The van der Waals surface area contributed by atoms with Gasteiger partial charge in [-0.3, -0.25) is 9.78 Å². The molecule has 0 aromatic carbocycles. The predicted octanol–water partition coefficient (Wildman–Crippen LogP) is 2.47. The first-order valence-corrected chi connectivity index (χ1v) is 8.20. The fourth-order valence-corrected chi connectivity index (χ4v) is 3.79. The molecule has 2 aliphatic heterocycles. The van der Waals surface area contributed by atoms with E-state index in [2.05, 4.69) is 15.4 Å². The largest absolute Gasteiger partial charge is 0.337 e. The van der Waals surface area contributed by atoms with Crippen LogP contribution in [0.4, 0.5) is 0 Å². The van der Waals surface area contributed by atoms with Gasteiger partial charge in [-0.1, -0.05) is 0 Å². The highest BCUT2D eigenvalue weighted by Crippen LogP contribution is 2.29. The summed E-state index contributed by atoms with van der Waals surface area (Å²) in [6.07, 6.45) is 9.79. The van der Waals surface area contributed by atoms with Crippen LogP contribution in [0.25, 0.3) is 5.69 Å². The molecule has 2 bridgehead atoms. The third-order valence-electron chi connectivity index (χ3n) is 5.05. The Kier molecular flexibility index (Phi) is 6.43. The predicted molar refractivity (Wildman–Crippen MR) is 101 cm³/mol. The van der Waals surface area contributed by atoms with Crippen molar-refractivity contribution in [3.8, 4) is 5.69 Å². The first-order chi connectivity index (χ1) is 11.2. The third kappa shape index (κ3) is 3.97. The van der Waals surface area contributed by atoms with Gasteiger partial charge < -0.3 is 10.2 Å². The summed E-state index contributed by atoms with van der Waals surface area (Å²) in [6, 6.07) is 6.96. The number of nitrogens with one attached hydrogen (secondary N) is 1. The maximum atomic E-state index is 12.8. The molecule has 4 rings (SSSR count). The van der Waals surface area contributed by atoms with Crippen molar-refractivity contribution >= 4 is 30.7 Å². The minimum absolute atomic E-state index is 0. The molecular formula is C17H23Cl2N5O. The number of pyridine rings is 1. The third-order valence-corrected chi connectivity index (χ3v) is 5.05. The Labute approximate surface area is 159 Å². The van der Waals surface area contributed by atoms with Gasteiger partial charge in [-0.15, -0.1) is 24.8 Å². The molecule has 6 nitrogen and oxygen atoms in total. The van der Waals surface area contributed by atoms with E-state index in [1.807, 2.05) is 36.3 Å². The number of carbonyl (C=O) groups is 1. The van der Waals surface area contributed by atoms with Gasteiger partial charge in [0.05, 0.1) is 5.69 Å². The summed E-state index contributed by atoms with van der Waals surface area (Å²) in [5.74, 6) is -0.00898. The molecule has 25 heavy (non-hydrogen) atoms. The highest BCUT2D eigenvalue weighted by molar-refractivity contribution is 5.92. The molecule has 0 spiro atoms. The molecule has 4 heterocycles. The standard InChI is InChI=1S/C17H21N5O.2ClH/c1-21(15-9-12-3-4-13(10-15)20-12)17(23)16-11-14(5-7-18-16)22-8-2-6-19-22;;/h2,5-8,11-13,15,20H,3-4,9-10H2,1H3;2*1H. The maximum Gasteiger partial charge on any atom is 0.272 e. The summed E-state index contributed by atoms with van der Waals surface area (Å²) in [5.41, 5.74) is 1.33. The smallest absolute Gasteiger partial charge is 0.272 e. The van der Waals surface area contributed by atoms with Gasteiger partial charge in [0.2, 0.25) is 0 Å². The van der Waals surface area contributed by atoms with Crippen molar-refractivity contribution < 1.29 is 4.79 Å².